The van der Waals surface area contributed by atoms with E-state index in [1.165, 1.54) is 11.8 Å². The van der Waals surface area contributed by atoms with Crippen molar-refractivity contribution in [2.75, 3.05) is 25.0 Å². The van der Waals surface area contributed by atoms with E-state index in [1.54, 1.807) is 0 Å². The van der Waals surface area contributed by atoms with Crippen LogP contribution in [0.5, 0.6) is 11.5 Å². The average Bonchev–Trinajstić information content (AvgIpc) is 3.51. The van der Waals surface area contributed by atoms with Crippen LogP contribution in [0.15, 0.2) is 58.6 Å². The van der Waals surface area contributed by atoms with Gasteiger partial charge < -0.3 is 25.7 Å². The fourth-order valence-electron chi connectivity index (χ4n) is 5.17. The number of ether oxygens (including phenoxy) is 1. The Balaban J connectivity index is 1.34. The normalized spacial score (nSPS) is 15.4. The van der Waals surface area contributed by atoms with Crippen molar-refractivity contribution in [2.45, 2.75) is 49.3 Å². The van der Waals surface area contributed by atoms with Gasteiger partial charge in [0.2, 0.25) is 0 Å². The predicted molar refractivity (Wildman–Crippen MR) is 163 cm³/mol. The summed E-state index contributed by atoms with van der Waals surface area (Å²) in [4.78, 5) is 21.3. The van der Waals surface area contributed by atoms with Gasteiger partial charge in [-0.05, 0) is 74.5 Å². The quantitative estimate of drug-likeness (QED) is 0.188. The van der Waals surface area contributed by atoms with E-state index in [-0.39, 0.29) is 6.04 Å². The summed E-state index contributed by atoms with van der Waals surface area (Å²) in [5, 5.41) is 6.34. The highest BCUT2D eigenvalue weighted by atomic mass is 35.5. The number of aromatic amines is 1. The molecule has 1 fully saturated rings. The largest absolute Gasteiger partial charge is 0.457 e. The highest BCUT2D eigenvalue weighted by molar-refractivity contribution is 7.99. The molecule has 1 saturated heterocycles. The molecule has 5 aromatic rings. The van der Waals surface area contributed by atoms with Gasteiger partial charge >= 0.3 is 0 Å². The van der Waals surface area contributed by atoms with Crippen molar-refractivity contribution in [3.8, 4) is 11.5 Å². The lowest BCUT2D eigenvalue weighted by Gasteiger charge is -2.18. The number of aromatic nitrogens is 4. The minimum atomic E-state index is 0.126. The summed E-state index contributed by atoms with van der Waals surface area (Å²) >= 11 is 8.27. The van der Waals surface area contributed by atoms with Crippen LogP contribution in [-0.4, -0.2) is 46.1 Å². The van der Waals surface area contributed by atoms with Gasteiger partial charge in [0.15, 0.2) is 5.16 Å². The standard InChI is InChI=1S/C30H32ClN7OS/c1-4-23-27(31)26-28(35-23)36-30(37-29(26)38-11-10-19(32)16-38)40-21-8-9-22-24(14-21)34-17(2)12-25(22)39-20-7-5-6-18(13-20)15-33-3/h5-9,12-14,19,33H,4,10-11,15-16,32H2,1-3H3,(H,35,36,37)/t19-/m0/s1. The molecule has 1 atom stereocenters. The molecule has 0 aliphatic carbocycles. The molecule has 206 valence electrons. The van der Waals surface area contributed by atoms with E-state index < -0.39 is 0 Å². The van der Waals surface area contributed by atoms with E-state index in [0.29, 0.717) is 10.2 Å². The highest BCUT2D eigenvalue weighted by Gasteiger charge is 2.26. The number of aryl methyl sites for hydroxylation is 2. The molecule has 2 aromatic carbocycles. The third-order valence-electron chi connectivity index (χ3n) is 7.09. The molecule has 1 aliphatic rings. The van der Waals surface area contributed by atoms with E-state index in [2.05, 4.69) is 52.5 Å². The summed E-state index contributed by atoms with van der Waals surface area (Å²) in [6, 6.07) is 16.4. The van der Waals surface area contributed by atoms with Crippen molar-refractivity contribution in [2.24, 2.45) is 5.73 Å². The van der Waals surface area contributed by atoms with Crippen LogP contribution in [0.2, 0.25) is 5.02 Å². The number of H-pyrrole nitrogens is 1. The molecular weight excluding hydrogens is 542 g/mol. The second-order valence-corrected chi connectivity index (χ2v) is 11.6. The van der Waals surface area contributed by atoms with Gasteiger partial charge in [-0.15, -0.1) is 0 Å². The highest BCUT2D eigenvalue weighted by Crippen LogP contribution is 2.39. The lowest BCUT2D eigenvalue weighted by Crippen LogP contribution is -2.27. The maximum Gasteiger partial charge on any atom is 0.196 e. The number of hydrogen-bond donors (Lipinski definition) is 3. The zero-order valence-corrected chi connectivity index (χ0v) is 24.4. The van der Waals surface area contributed by atoms with Crippen molar-refractivity contribution < 1.29 is 4.74 Å². The van der Waals surface area contributed by atoms with E-state index in [9.17, 15) is 0 Å². The monoisotopic (exact) mass is 573 g/mol. The SMILES string of the molecule is CCc1[nH]c2nc(Sc3ccc4c(Oc5cccc(CNC)c5)cc(C)nc4c3)nc(N3CC[C@H](N)C3)c2c1Cl. The molecule has 3 aromatic heterocycles. The number of halogens is 1. The topological polar surface area (TPSA) is 105 Å². The maximum absolute atomic E-state index is 6.77. The summed E-state index contributed by atoms with van der Waals surface area (Å²) in [5.41, 5.74) is 10.9. The minimum absolute atomic E-state index is 0.126. The lowest BCUT2D eigenvalue weighted by molar-refractivity contribution is 0.486. The van der Waals surface area contributed by atoms with Gasteiger partial charge in [-0.25, -0.2) is 9.97 Å². The van der Waals surface area contributed by atoms with Crippen LogP contribution in [-0.2, 0) is 13.0 Å². The van der Waals surface area contributed by atoms with Gasteiger partial charge in [0.05, 0.1) is 15.9 Å². The van der Waals surface area contributed by atoms with E-state index in [1.807, 2.05) is 32.2 Å². The summed E-state index contributed by atoms with van der Waals surface area (Å²) in [5.74, 6) is 2.41. The van der Waals surface area contributed by atoms with Crippen LogP contribution >= 0.6 is 23.4 Å². The zero-order valence-electron chi connectivity index (χ0n) is 22.8. The molecule has 6 rings (SSSR count). The van der Waals surface area contributed by atoms with Crippen LogP contribution < -0.4 is 20.7 Å². The molecular formula is C30H32ClN7OS. The summed E-state index contributed by atoms with van der Waals surface area (Å²) < 4.78 is 6.34. The van der Waals surface area contributed by atoms with Gasteiger partial charge in [-0.1, -0.05) is 30.7 Å². The summed E-state index contributed by atoms with van der Waals surface area (Å²) in [6.07, 6.45) is 1.72. The Morgan fingerprint density at radius 1 is 1.18 bits per heavy atom. The fraction of sp³-hybridized carbons (Fsp3) is 0.300. The molecule has 4 heterocycles. The summed E-state index contributed by atoms with van der Waals surface area (Å²) in [7, 11) is 1.93. The van der Waals surface area contributed by atoms with Crippen LogP contribution in [0.25, 0.3) is 21.9 Å². The molecule has 0 radical (unpaired) electrons. The minimum Gasteiger partial charge on any atom is -0.457 e. The van der Waals surface area contributed by atoms with Crippen LogP contribution in [0.3, 0.4) is 0 Å². The number of anilines is 1. The number of nitrogens with one attached hydrogen (secondary N) is 2. The van der Waals surface area contributed by atoms with Crippen molar-refractivity contribution >= 4 is 51.1 Å². The Hall–Kier alpha value is -3.37. The molecule has 0 amide bonds. The number of fused-ring (bicyclic) bond motifs is 2. The number of rotatable bonds is 8. The van der Waals surface area contributed by atoms with Gasteiger partial charge in [0, 0.05) is 53.4 Å². The van der Waals surface area contributed by atoms with Crippen LogP contribution in [0.1, 0.15) is 30.3 Å². The van der Waals surface area contributed by atoms with E-state index >= 15 is 0 Å². The Bertz CT molecular complexity index is 1710. The molecule has 0 spiro atoms. The number of hydrogen-bond acceptors (Lipinski definition) is 8. The van der Waals surface area contributed by atoms with Gasteiger partial charge in [0.25, 0.3) is 0 Å². The second-order valence-electron chi connectivity index (χ2n) is 10.1. The number of nitrogens with zero attached hydrogens (tertiary/aromatic N) is 4. The third kappa shape index (κ3) is 5.34. The Kier molecular flexibility index (Phi) is 7.55. The van der Waals surface area contributed by atoms with Gasteiger partial charge in [-0.3, -0.25) is 4.98 Å². The molecule has 8 nitrogen and oxygen atoms in total. The Morgan fingerprint density at radius 2 is 2.05 bits per heavy atom. The fourth-order valence-corrected chi connectivity index (χ4v) is 6.31. The lowest BCUT2D eigenvalue weighted by atomic mass is 10.1. The van der Waals surface area contributed by atoms with Crippen LogP contribution in [0.4, 0.5) is 5.82 Å². The van der Waals surface area contributed by atoms with E-state index in [4.69, 9.17) is 37.0 Å². The molecule has 40 heavy (non-hydrogen) atoms. The maximum atomic E-state index is 6.77. The molecule has 10 heteroatoms. The first-order chi connectivity index (χ1) is 19.4. The van der Waals surface area contributed by atoms with Gasteiger partial charge in [0.1, 0.15) is 23.0 Å². The smallest absolute Gasteiger partial charge is 0.196 e. The molecule has 0 saturated carbocycles. The second kappa shape index (κ2) is 11.2. The number of pyridine rings is 1. The first kappa shape index (κ1) is 26.8. The van der Waals surface area contributed by atoms with Crippen LogP contribution in [0, 0.1) is 6.92 Å². The first-order valence-electron chi connectivity index (χ1n) is 13.5. The molecule has 1 aliphatic heterocycles. The first-order valence-corrected chi connectivity index (χ1v) is 14.7. The predicted octanol–water partition coefficient (Wildman–Crippen LogP) is 6.23. The van der Waals surface area contributed by atoms with Crippen molar-refractivity contribution in [1.82, 2.24) is 25.3 Å². The van der Waals surface area contributed by atoms with E-state index in [0.717, 1.165) is 93.6 Å². The van der Waals surface area contributed by atoms with Crippen molar-refractivity contribution in [1.29, 1.82) is 0 Å². The Morgan fingerprint density at radius 3 is 2.83 bits per heavy atom. The molecule has 0 bridgehead atoms. The summed E-state index contributed by atoms with van der Waals surface area (Å²) in [6.45, 7) is 6.43. The Labute approximate surface area is 242 Å². The van der Waals surface area contributed by atoms with Crippen molar-refractivity contribution in [3.05, 3.63) is 70.5 Å². The molecule has 0 unspecified atom stereocenters. The third-order valence-corrected chi connectivity index (χ3v) is 8.36. The molecule has 4 N–H and O–H groups in total. The zero-order chi connectivity index (χ0) is 27.8. The number of nitrogens with two attached hydrogens (primary N) is 1. The van der Waals surface area contributed by atoms with Crippen molar-refractivity contribution in [3.63, 3.8) is 0 Å². The average molecular weight is 574 g/mol. The van der Waals surface area contributed by atoms with Gasteiger partial charge in [-0.2, -0.15) is 0 Å². The number of benzene rings is 2.